The molecular weight excluding hydrogens is 200 g/mol. The number of aromatic nitrogens is 2. The molecule has 1 aliphatic rings. The molecule has 1 aliphatic heterocycles. The van der Waals surface area contributed by atoms with Crippen LogP contribution < -0.4 is 0 Å². The summed E-state index contributed by atoms with van der Waals surface area (Å²) in [5, 5.41) is 0.644. The largest absolute Gasteiger partial charge is 0.462 e. The first-order chi connectivity index (χ1) is 6.75. The number of hydrogen-bond donors (Lipinski definition) is 0. The van der Waals surface area contributed by atoms with Crippen LogP contribution in [0.2, 0.25) is 0 Å². The highest BCUT2D eigenvalue weighted by molar-refractivity contribution is 8.00. The predicted octanol–water partition coefficient (Wildman–Crippen LogP) is 1.27. The molecule has 0 saturated carbocycles. The van der Waals surface area contributed by atoms with Gasteiger partial charge in [0.1, 0.15) is 16.4 Å². The summed E-state index contributed by atoms with van der Waals surface area (Å²) in [5.41, 5.74) is 0. The summed E-state index contributed by atoms with van der Waals surface area (Å²) < 4.78 is 5.04. The van der Waals surface area contributed by atoms with Crippen molar-refractivity contribution >= 4 is 17.7 Å². The molecule has 1 fully saturated rings. The normalized spacial score (nSPS) is 26.2. The van der Waals surface area contributed by atoms with Gasteiger partial charge >= 0.3 is 5.97 Å². The Balaban J connectivity index is 2.02. The molecule has 14 heavy (non-hydrogen) atoms. The van der Waals surface area contributed by atoms with Crippen LogP contribution in [0, 0.1) is 0 Å². The fraction of sp³-hybridized carbons (Fsp3) is 0.444. The van der Waals surface area contributed by atoms with Crippen molar-refractivity contribution in [3.63, 3.8) is 0 Å². The Morgan fingerprint density at radius 3 is 3.00 bits per heavy atom. The van der Waals surface area contributed by atoms with Crippen LogP contribution in [-0.4, -0.2) is 27.3 Å². The first kappa shape index (κ1) is 9.45. The highest BCUT2D eigenvalue weighted by Crippen LogP contribution is 2.30. The van der Waals surface area contributed by atoms with E-state index in [4.69, 9.17) is 4.74 Å². The lowest BCUT2D eigenvalue weighted by atomic mass is 10.3. The van der Waals surface area contributed by atoms with Crippen molar-refractivity contribution in [2.75, 3.05) is 0 Å². The van der Waals surface area contributed by atoms with E-state index in [1.54, 1.807) is 18.6 Å². The molecule has 2 heterocycles. The van der Waals surface area contributed by atoms with Gasteiger partial charge in [-0.1, -0.05) is 11.8 Å². The summed E-state index contributed by atoms with van der Waals surface area (Å²) in [4.78, 5) is 19.3. The van der Waals surface area contributed by atoms with Crippen molar-refractivity contribution in [2.45, 2.75) is 29.7 Å². The fourth-order valence-electron chi connectivity index (χ4n) is 1.31. The van der Waals surface area contributed by atoms with Gasteiger partial charge in [-0.2, -0.15) is 0 Å². The van der Waals surface area contributed by atoms with Crippen LogP contribution in [0.5, 0.6) is 0 Å². The lowest BCUT2D eigenvalue weighted by molar-refractivity contribution is -0.140. The number of hydrogen-bond acceptors (Lipinski definition) is 5. The number of carbonyl (C=O) groups excluding carboxylic acids is 1. The van der Waals surface area contributed by atoms with E-state index in [0.29, 0.717) is 0 Å². The molecule has 0 unspecified atom stereocenters. The molecule has 74 valence electrons. The molecule has 1 aromatic heterocycles. The average molecular weight is 210 g/mol. The number of rotatable bonds is 2. The number of ether oxygens (including phenoxy) is 1. The van der Waals surface area contributed by atoms with Gasteiger partial charge in [0.05, 0.1) is 6.20 Å². The maximum atomic E-state index is 11.3. The van der Waals surface area contributed by atoms with E-state index in [1.807, 2.05) is 6.92 Å². The second kappa shape index (κ2) is 3.96. The first-order valence-corrected chi connectivity index (χ1v) is 5.27. The Morgan fingerprint density at radius 2 is 2.43 bits per heavy atom. The van der Waals surface area contributed by atoms with Gasteiger partial charge in [0.25, 0.3) is 0 Å². The molecule has 2 atom stereocenters. The smallest absolute Gasteiger partial charge is 0.319 e. The molecule has 1 saturated heterocycles. The predicted molar refractivity (Wildman–Crippen MR) is 51.8 cm³/mol. The van der Waals surface area contributed by atoms with Gasteiger partial charge in [-0.15, -0.1) is 0 Å². The third kappa shape index (κ3) is 2.04. The van der Waals surface area contributed by atoms with Crippen molar-refractivity contribution in [1.82, 2.24) is 9.97 Å². The molecule has 1 aromatic rings. The molecule has 0 aliphatic carbocycles. The fourth-order valence-corrected chi connectivity index (χ4v) is 2.36. The van der Waals surface area contributed by atoms with Crippen LogP contribution in [0.1, 0.15) is 13.3 Å². The van der Waals surface area contributed by atoms with Gasteiger partial charge in [0.15, 0.2) is 0 Å². The van der Waals surface area contributed by atoms with Crippen LogP contribution >= 0.6 is 11.8 Å². The second-order valence-corrected chi connectivity index (χ2v) is 4.36. The highest BCUT2D eigenvalue weighted by atomic mass is 32.2. The number of esters is 1. The number of cyclic esters (lactones) is 1. The van der Waals surface area contributed by atoms with Gasteiger partial charge < -0.3 is 4.74 Å². The van der Waals surface area contributed by atoms with E-state index in [1.165, 1.54) is 11.8 Å². The number of nitrogens with zero attached hydrogens (tertiary/aromatic N) is 2. The van der Waals surface area contributed by atoms with Gasteiger partial charge in [0.2, 0.25) is 0 Å². The molecule has 0 amide bonds. The topological polar surface area (TPSA) is 52.1 Å². The van der Waals surface area contributed by atoms with Gasteiger partial charge in [-0.25, -0.2) is 4.98 Å². The van der Waals surface area contributed by atoms with Crippen LogP contribution in [0.25, 0.3) is 0 Å². The zero-order valence-electron chi connectivity index (χ0n) is 7.71. The van der Waals surface area contributed by atoms with E-state index in [9.17, 15) is 4.79 Å². The zero-order chi connectivity index (χ0) is 9.97. The monoisotopic (exact) mass is 210 g/mol. The van der Waals surface area contributed by atoms with Crippen molar-refractivity contribution in [2.24, 2.45) is 0 Å². The Labute approximate surface area is 86.1 Å². The SMILES string of the molecule is C[C@@H]1C[C@@H](Sc2cnccn2)C(=O)O1. The van der Waals surface area contributed by atoms with Crippen molar-refractivity contribution in [1.29, 1.82) is 0 Å². The van der Waals surface area contributed by atoms with Crippen LogP contribution in [0.4, 0.5) is 0 Å². The lowest BCUT2D eigenvalue weighted by Gasteiger charge is -2.02. The summed E-state index contributed by atoms with van der Waals surface area (Å²) in [5.74, 6) is -0.145. The first-order valence-electron chi connectivity index (χ1n) is 4.39. The van der Waals surface area contributed by atoms with Crippen molar-refractivity contribution in [3.05, 3.63) is 18.6 Å². The molecule has 5 heteroatoms. The Bertz CT molecular complexity index is 331. The van der Waals surface area contributed by atoms with E-state index >= 15 is 0 Å². The van der Waals surface area contributed by atoms with Gasteiger partial charge in [-0.05, 0) is 6.92 Å². The van der Waals surface area contributed by atoms with Gasteiger partial charge in [-0.3, -0.25) is 9.78 Å². The maximum absolute atomic E-state index is 11.3. The minimum atomic E-state index is -0.145. The molecule has 0 aromatic carbocycles. The van der Waals surface area contributed by atoms with Gasteiger partial charge in [0, 0.05) is 18.8 Å². The Morgan fingerprint density at radius 1 is 1.57 bits per heavy atom. The molecular formula is C9H10N2O2S. The molecule has 0 spiro atoms. The minimum Gasteiger partial charge on any atom is -0.462 e. The Kier molecular flexibility index (Phi) is 2.67. The highest BCUT2D eigenvalue weighted by Gasteiger charge is 2.32. The lowest BCUT2D eigenvalue weighted by Crippen LogP contribution is -2.09. The standard InChI is InChI=1S/C9H10N2O2S/c1-6-4-7(9(12)13-6)14-8-5-10-2-3-11-8/h2-3,5-7H,4H2,1H3/t6-,7-/m1/s1. The third-order valence-electron chi connectivity index (χ3n) is 1.93. The minimum absolute atomic E-state index is 0.0247. The summed E-state index contributed by atoms with van der Waals surface area (Å²) in [6.45, 7) is 1.90. The summed E-state index contributed by atoms with van der Waals surface area (Å²) in [7, 11) is 0. The number of thioether (sulfide) groups is 1. The molecule has 4 nitrogen and oxygen atoms in total. The zero-order valence-corrected chi connectivity index (χ0v) is 8.53. The molecule has 0 N–H and O–H groups in total. The van der Waals surface area contributed by atoms with Crippen molar-refractivity contribution < 1.29 is 9.53 Å². The molecule has 0 radical (unpaired) electrons. The quantitative estimate of drug-likeness (QED) is 0.688. The van der Waals surface area contributed by atoms with Crippen LogP contribution in [-0.2, 0) is 9.53 Å². The third-order valence-corrected chi connectivity index (χ3v) is 3.05. The van der Waals surface area contributed by atoms with Crippen LogP contribution in [0.3, 0.4) is 0 Å². The summed E-state index contributed by atoms with van der Waals surface area (Å²) in [6.07, 6.45) is 5.66. The molecule has 2 rings (SSSR count). The maximum Gasteiger partial charge on any atom is 0.319 e. The number of carbonyl (C=O) groups is 1. The van der Waals surface area contributed by atoms with Crippen LogP contribution in [0.15, 0.2) is 23.6 Å². The Hall–Kier alpha value is -1.10. The van der Waals surface area contributed by atoms with E-state index in [-0.39, 0.29) is 17.3 Å². The summed E-state index contributed by atoms with van der Waals surface area (Å²) in [6, 6.07) is 0. The van der Waals surface area contributed by atoms with E-state index in [2.05, 4.69) is 9.97 Å². The average Bonchev–Trinajstić information content (AvgIpc) is 2.47. The van der Waals surface area contributed by atoms with Crippen molar-refractivity contribution in [3.8, 4) is 0 Å². The summed E-state index contributed by atoms with van der Waals surface area (Å²) >= 11 is 1.41. The van der Waals surface area contributed by atoms with E-state index < -0.39 is 0 Å². The van der Waals surface area contributed by atoms with E-state index in [0.717, 1.165) is 11.4 Å². The second-order valence-electron chi connectivity index (χ2n) is 3.13. The molecule has 0 bridgehead atoms.